The van der Waals surface area contributed by atoms with E-state index in [-0.39, 0.29) is 0 Å². The average molecular weight is 312 g/mol. The van der Waals surface area contributed by atoms with Crippen LogP contribution in [0.2, 0.25) is 0 Å². The Balaban J connectivity index is 1.93. The van der Waals surface area contributed by atoms with Gasteiger partial charge in [-0.2, -0.15) is 0 Å². The van der Waals surface area contributed by atoms with Crippen LogP contribution in [-0.4, -0.2) is 45.6 Å². The molecule has 0 radical (unpaired) electrons. The van der Waals surface area contributed by atoms with E-state index in [0.717, 1.165) is 25.0 Å². The summed E-state index contributed by atoms with van der Waals surface area (Å²) in [5.41, 5.74) is 1.07. The molecule has 2 atom stereocenters. The van der Waals surface area contributed by atoms with E-state index in [1.165, 1.54) is 18.4 Å². The highest BCUT2D eigenvalue weighted by Gasteiger charge is 2.22. The molecule has 0 unspecified atom stereocenters. The van der Waals surface area contributed by atoms with E-state index in [9.17, 15) is 8.42 Å². The van der Waals surface area contributed by atoms with Crippen LogP contribution in [0.5, 0.6) is 0 Å². The SMILES string of the molecule is C[C@@H](NCc1ccc(S(=O)(=O)N(C)C)cc1)[C@@H]1CCCO1. The molecule has 6 heteroatoms. The van der Waals surface area contributed by atoms with E-state index in [1.807, 2.05) is 12.1 Å². The molecule has 0 spiro atoms. The molecule has 1 aromatic carbocycles. The molecule has 0 saturated carbocycles. The normalized spacial score (nSPS) is 20.9. The lowest BCUT2D eigenvalue weighted by molar-refractivity contribution is 0.0832. The molecule has 2 rings (SSSR count). The third kappa shape index (κ3) is 4.03. The number of ether oxygens (including phenoxy) is 1. The molecule has 1 aliphatic heterocycles. The third-order valence-corrected chi connectivity index (χ3v) is 5.68. The van der Waals surface area contributed by atoms with Crippen molar-refractivity contribution in [1.82, 2.24) is 9.62 Å². The Bertz CT molecular complexity index is 549. The maximum Gasteiger partial charge on any atom is 0.242 e. The highest BCUT2D eigenvalue weighted by molar-refractivity contribution is 7.89. The molecule has 1 N–H and O–H groups in total. The van der Waals surface area contributed by atoms with Crippen LogP contribution < -0.4 is 5.32 Å². The second-order valence-corrected chi connectivity index (χ2v) is 7.80. The predicted molar refractivity (Wildman–Crippen MR) is 82.6 cm³/mol. The average Bonchev–Trinajstić information content (AvgIpc) is 2.99. The molecule has 0 bridgehead atoms. The number of nitrogens with zero attached hydrogens (tertiary/aromatic N) is 1. The van der Waals surface area contributed by atoms with Gasteiger partial charge in [0.2, 0.25) is 10.0 Å². The molecule has 5 nitrogen and oxygen atoms in total. The molecular formula is C15H24N2O3S. The van der Waals surface area contributed by atoms with E-state index in [4.69, 9.17) is 4.74 Å². The largest absolute Gasteiger partial charge is 0.377 e. The number of benzene rings is 1. The van der Waals surface area contributed by atoms with Crippen molar-refractivity contribution in [2.24, 2.45) is 0 Å². The van der Waals surface area contributed by atoms with Crippen LogP contribution >= 0.6 is 0 Å². The zero-order valence-electron chi connectivity index (χ0n) is 12.9. The van der Waals surface area contributed by atoms with Crippen LogP contribution in [0.15, 0.2) is 29.2 Å². The fourth-order valence-electron chi connectivity index (χ4n) is 2.40. The van der Waals surface area contributed by atoms with Crippen molar-refractivity contribution in [3.8, 4) is 0 Å². The van der Waals surface area contributed by atoms with Crippen molar-refractivity contribution in [1.29, 1.82) is 0 Å². The summed E-state index contributed by atoms with van der Waals surface area (Å²) in [6.07, 6.45) is 2.53. The summed E-state index contributed by atoms with van der Waals surface area (Å²) in [6.45, 7) is 3.69. The number of sulfonamides is 1. The lowest BCUT2D eigenvalue weighted by Gasteiger charge is -2.20. The van der Waals surface area contributed by atoms with Gasteiger partial charge in [0, 0.05) is 33.3 Å². The monoisotopic (exact) mass is 312 g/mol. The molecule has 0 aromatic heterocycles. The number of hydrogen-bond acceptors (Lipinski definition) is 4. The molecule has 21 heavy (non-hydrogen) atoms. The highest BCUT2D eigenvalue weighted by Crippen LogP contribution is 2.17. The van der Waals surface area contributed by atoms with E-state index in [1.54, 1.807) is 12.1 Å². The summed E-state index contributed by atoms with van der Waals surface area (Å²) < 4.78 is 30.8. The summed E-state index contributed by atoms with van der Waals surface area (Å²) >= 11 is 0. The van der Waals surface area contributed by atoms with Crippen LogP contribution in [0.25, 0.3) is 0 Å². The van der Waals surface area contributed by atoms with Crippen LogP contribution in [0.4, 0.5) is 0 Å². The Labute approximate surface area is 127 Å². The first-order valence-electron chi connectivity index (χ1n) is 7.27. The summed E-state index contributed by atoms with van der Waals surface area (Å²) in [4.78, 5) is 0.323. The molecule has 0 aliphatic carbocycles. The first-order valence-corrected chi connectivity index (χ1v) is 8.71. The van der Waals surface area contributed by atoms with Gasteiger partial charge in [0.15, 0.2) is 0 Å². The van der Waals surface area contributed by atoms with Crippen molar-refractivity contribution in [2.75, 3.05) is 20.7 Å². The molecule has 0 amide bonds. The van der Waals surface area contributed by atoms with Gasteiger partial charge in [-0.3, -0.25) is 0 Å². The Morgan fingerprint density at radius 3 is 2.52 bits per heavy atom. The number of rotatable bonds is 6. The maximum absolute atomic E-state index is 12.0. The second-order valence-electron chi connectivity index (χ2n) is 5.65. The Morgan fingerprint density at radius 2 is 2.00 bits per heavy atom. The third-order valence-electron chi connectivity index (χ3n) is 3.85. The zero-order valence-corrected chi connectivity index (χ0v) is 13.7. The van der Waals surface area contributed by atoms with Crippen molar-refractivity contribution in [2.45, 2.75) is 43.4 Å². The van der Waals surface area contributed by atoms with E-state index < -0.39 is 10.0 Å². The first kappa shape index (κ1) is 16.4. The second kappa shape index (κ2) is 6.87. The van der Waals surface area contributed by atoms with Crippen LogP contribution in [0.1, 0.15) is 25.3 Å². The number of hydrogen-bond donors (Lipinski definition) is 1. The number of nitrogens with one attached hydrogen (secondary N) is 1. The standard InChI is InChI=1S/C15H24N2O3S/c1-12(15-5-4-10-20-15)16-11-13-6-8-14(9-7-13)21(18,19)17(2)3/h6-9,12,15-16H,4-5,10-11H2,1-3H3/t12-,15+/m1/s1. The van der Waals surface area contributed by atoms with E-state index in [2.05, 4.69) is 12.2 Å². The first-order chi connectivity index (χ1) is 9.91. The summed E-state index contributed by atoms with van der Waals surface area (Å²) in [5, 5.41) is 3.44. The van der Waals surface area contributed by atoms with Crippen LogP contribution in [0, 0.1) is 0 Å². The summed E-state index contributed by atoms with van der Waals surface area (Å²) in [6, 6.07) is 7.32. The quantitative estimate of drug-likeness (QED) is 0.867. The molecule has 1 aromatic rings. The molecule has 1 heterocycles. The topological polar surface area (TPSA) is 58.6 Å². The fraction of sp³-hybridized carbons (Fsp3) is 0.600. The zero-order chi connectivity index (χ0) is 15.5. The van der Waals surface area contributed by atoms with Gasteiger partial charge in [0.1, 0.15) is 0 Å². The van der Waals surface area contributed by atoms with Crippen molar-refractivity contribution >= 4 is 10.0 Å². The van der Waals surface area contributed by atoms with Crippen LogP contribution in [0.3, 0.4) is 0 Å². The van der Waals surface area contributed by atoms with Gasteiger partial charge in [-0.25, -0.2) is 12.7 Å². The van der Waals surface area contributed by atoms with Crippen molar-refractivity contribution < 1.29 is 13.2 Å². The van der Waals surface area contributed by atoms with Crippen molar-refractivity contribution in [3.05, 3.63) is 29.8 Å². The van der Waals surface area contributed by atoms with Gasteiger partial charge in [-0.05, 0) is 37.5 Å². The van der Waals surface area contributed by atoms with Gasteiger partial charge in [-0.15, -0.1) is 0 Å². The Kier molecular flexibility index (Phi) is 5.37. The lowest BCUT2D eigenvalue weighted by Crippen LogP contribution is -2.36. The molecule has 1 saturated heterocycles. The highest BCUT2D eigenvalue weighted by atomic mass is 32.2. The summed E-state index contributed by atoms with van der Waals surface area (Å²) in [7, 11) is -0.273. The Morgan fingerprint density at radius 1 is 1.33 bits per heavy atom. The van der Waals surface area contributed by atoms with E-state index >= 15 is 0 Å². The molecular weight excluding hydrogens is 288 g/mol. The predicted octanol–water partition coefficient (Wildman–Crippen LogP) is 1.59. The maximum atomic E-state index is 12.0. The molecule has 1 aliphatic rings. The molecule has 1 fully saturated rings. The van der Waals surface area contributed by atoms with Gasteiger partial charge in [0.05, 0.1) is 11.0 Å². The smallest absolute Gasteiger partial charge is 0.242 e. The van der Waals surface area contributed by atoms with Crippen LogP contribution in [-0.2, 0) is 21.3 Å². The minimum Gasteiger partial charge on any atom is -0.377 e. The minimum atomic E-state index is -3.35. The van der Waals surface area contributed by atoms with Gasteiger partial charge < -0.3 is 10.1 Å². The van der Waals surface area contributed by atoms with Gasteiger partial charge in [0.25, 0.3) is 0 Å². The molecule has 118 valence electrons. The fourth-order valence-corrected chi connectivity index (χ4v) is 3.30. The lowest BCUT2D eigenvalue weighted by atomic mass is 10.1. The summed E-state index contributed by atoms with van der Waals surface area (Å²) in [5.74, 6) is 0. The van der Waals surface area contributed by atoms with E-state index in [0.29, 0.717) is 23.6 Å². The van der Waals surface area contributed by atoms with Gasteiger partial charge >= 0.3 is 0 Å². The Hall–Kier alpha value is -0.950. The van der Waals surface area contributed by atoms with Crippen molar-refractivity contribution in [3.63, 3.8) is 0 Å². The van der Waals surface area contributed by atoms with Gasteiger partial charge in [-0.1, -0.05) is 12.1 Å². The minimum absolute atomic E-state index is 0.290.